The van der Waals surface area contributed by atoms with Gasteiger partial charge < -0.3 is 15.0 Å². The minimum atomic E-state index is -0.551. The molecule has 1 fully saturated rings. The van der Waals surface area contributed by atoms with Crippen LogP contribution in [0.15, 0.2) is 45.5 Å². The predicted molar refractivity (Wildman–Crippen MR) is 153 cm³/mol. The van der Waals surface area contributed by atoms with Gasteiger partial charge in [-0.3, -0.25) is 4.90 Å². The number of amidine groups is 1. The van der Waals surface area contributed by atoms with Crippen LogP contribution in [0.4, 0.5) is 4.39 Å². The van der Waals surface area contributed by atoms with Crippen molar-refractivity contribution in [2.45, 2.75) is 63.0 Å². The molecule has 198 valence electrons. The van der Waals surface area contributed by atoms with E-state index in [-0.39, 0.29) is 10.6 Å². The molecule has 0 radical (unpaired) electrons. The van der Waals surface area contributed by atoms with Crippen molar-refractivity contribution in [3.05, 3.63) is 58.1 Å². The maximum atomic E-state index is 15.2. The molecule has 1 aromatic rings. The summed E-state index contributed by atoms with van der Waals surface area (Å²) in [5, 5.41) is 3.45. The van der Waals surface area contributed by atoms with Gasteiger partial charge in [0.05, 0.1) is 0 Å². The number of hydrogen-bond acceptors (Lipinski definition) is 6. The molecular formula is C29H37BrFN5O. The number of likely N-dealkylation sites (N-methyl/N-ethyl adjacent to an activating group) is 1. The lowest BCUT2D eigenvalue weighted by Crippen LogP contribution is -2.48. The molecule has 4 aliphatic rings. The van der Waals surface area contributed by atoms with Gasteiger partial charge in [0.25, 0.3) is 0 Å². The molecule has 0 bridgehead atoms. The van der Waals surface area contributed by atoms with Crippen molar-refractivity contribution in [2.24, 2.45) is 9.98 Å². The Morgan fingerprint density at radius 2 is 2.03 bits per heavy atom. The Balaban J connectivity index is 1.26. The lowest BCUT2D eigenvalue weighted by molar-refractivity contribution is 0.130. The normalized spacial score (nSPS) is 26.6. The number of halogens is 2. The Morgan fingerprint density at radius 3 is 2.76 bits per heavy atom. The molecule has 2 aliphatic heterocycles. The molecule has 3 atom stereocenters. The minimum Gasteiger partial charge on any atom is -0.467 e. The Bertz CT molecular complexity index is 1170. The van der Waals surface area contributed by atoms with E-state index in [1.54, 1.807) is 6.07 Å². The maximum Gasteiger partial charge on any atom is 0.210 e. The first-order chi connectivity index (χ1) is 17.9. The summed E-state index contributed by atoms with van der Waals surface area (Å²) < 4.78 is 21.5. The number of ether oxygens (including phenoxy) is 1. The van der Waals surface area contributed by atoms with E-state index in [0.29, 0.717) is 11.8 Å². The van der Waals surface area contributed by atoms with Gasteiger partial charge in [-0.15, -0.1) is 0 Å². The molecule has 1 N–H and O–H groups in total. The van der Waals surface area contributed by atoms with Crippen molar-refractivity contribution in [1.82, 2.24) is 15.1 Å². The van der Waals surface area contributed by atoms with Crippen LogP contribution in [0.1, 0.15) is 49.8 Å². The van der Waals surface area contributed by atoms with E-state index in [4.69, 9.17) is 4.74 Å². The van der Waals surface area contributed by atoms with E-state index >= 15 is 4.39 Å². The van der Waals surface area contributed by atoms with Crippen molar-refractivity contribution in [3.8, 4) is 5.75 Å². The highest BCUT2D eigenvalue weighted by atomic mass is 79.9. The van der Waals surface area contributed by atoms with Crippen molar-refractivity contribution >= 4 is 34.2 Å². The van der Waals surface area contributed by atoms with Gasteiger partial charge in [-0.1, -0.05) is 46.7 Å². The molecule has 8 heteroatoms. The lowest BCUT2D eigenvalue weighted by Gasteiger charge is -2.37. The number of nitrogens with zero attached hydrogens (tertiary/aromatic N) is 4. The van der Waals surface area contributed by atoms with Crippen molar-refractivity contribution < 1.29 is 9.13 Å². The molecule has 2 aliphatic carbocycles. The zero-order chi connectivity index (χ0) is 25.9. The SMILES string of the molecule is CCc1c(OC2N=CN=C(NC3=CCC(N4CCN(C)CC4)C=C3)C2Br)cc(F)c2c1C=C(C)CCC2. The van der Waals surface area contributed by atoms with E-state index in [0.717, 1.165) is 86.5 Å². The predicted octanol–water partition coefficient (Wildman–Crippen LogP) is 5.09. The van der Waals surface area contributed by atoms with E-state index in [9.17, 15) is 0 Å². The molecule has 2 heterocycles. The number of alkyl halides is 1. The highest BCUT2D eigenvalue weighted by molar-refractivity contribution is 9.10. The van der Waals surface area contributed by atoms with E-state index in [1.165, 1.54) is 11.9 Å². The van der Waals surface area contributed by atoms with Crippen molar-refractivity contribution in [3.63, 3.8) is 0 Å². The number of allylic oxidation sites excluding steroid dienone is 2. The first kappa shape index (κ1) is 26.3. The molecule has 3 unspecified atom stereocenters. The average molecular weight is 571 g/mol. The van der Waals surface area contributed by atoms with Crippen LogP contribution in [0.25, 0.3) is 6.08 Å². The van der Waals surface area contributed by atoms with E-state index in [1.807, 2.05) is 0 Å². The van der Waals surface area contributed by atoms with Crippen LogP contribution in [-0.4, -0.2) is 72.3 Å². The number of fused-ring (bicyclic) bond motifs is 1. The van der Waals surface area contributed by atoms with Crippen molar-refractivity contribution in [2.75, 3.05) is 33.2 Å². The number of aliphatic imine (C=N–C) groups is 2. The highest BCUT2D eigenvalue weighted by Gasteiger charge is 2.30. The molecule has 5 rings (SSSR count). The van der Waals surface area contributed by atoms with Gasteiger partial charge in [0.1, 0.15) is 28.6 Å². The van der Waals surface area contributed by atoms with Gasteiger partial charge >= 0.3 is 0 Å². The third-order valence-electron chi connectivity index (χ3n) is 7.76. The van der Waals surface area contributed by atoms with E-state index in [2.05, 4.69) is 86.2 Å². The number of benzene rings is 1. The molecule has 6 nitrogen and oxygen atoms in total. The number of rotatable bonds is 5. The summed E-state index contributed by atoms with van der Waals surface area (Å²) in [5.74, 6) is 1.10. The molecule has 0 saturated carbocycles. The average Bonchev–Trinajstić information content (AvgIpc) is 3.09. The summed E-state index contributed by atoms with van der Waals surface area (Å²) in [7, 11) is 2.18. The zero-order valence-electron chi connectivity index (χ0n) is 22.0. The van der Waals surface area contributed by atoms with E-state index < -0.39 is 6.23 Å². The van der Waals surface area contributed by atoms with Crippen LogP contribution in [-0.2, 0) is 12.8 Å². The third kappa shape index (κ3) is 5.91. The van der Waals surface area contributed by atoms with Gasteiger partial charge in [0, 0.05) is 49.5 Å². The standard InChI is InChI=1S/C29H37BrFN5O/c1-4-22-24-16-19(2)6-5-7-23(24)25(31)17-26(22)37-29-27(30)28(32-18-33-29)34-20-8-10-21(11-9-20)36-14-12-35(3)13-15-36/h8-10,16-18,21,27,29H,4-7,11-15H2,1-3H3,(H,32,33,34). The molecule has 37 heavy (non-hydrogen) atoms. The van der Waals surface area contributed by atoms with Crippen LogP contribution in [0.3, 0.4) is 0 Å². The zero-order valence-corrected chi connectivity index (χ0v) is 23.6. The summed E-state index contributed by atoms with van der Waals surface area (Å²) in [6, 6.07) is 1.99. The largest absolute Gasteiger partial charge is 0.467 e. The summed E-state index contributed by atoms with van der Waals surface area (Å²) in [4.78, 5) is 13.6. The van der Waals surface area contributed by atoms with Gasteiger partial charge in [-0.25, -0.2) is 14.4 Å². The Morgan fingerprint density at radius 1 is 1.22 bits per heavy atom. The fourth-order valence-electron chi connectivity index (χ4n) is 5.53. The van der Waals surface area contributed by atoms with Crippen molar-refractivity contribution in [1.29, 1.82) is 0 Å². The topological polar surface area (TPSA) is 52.5 Å². The summed E-state index contributed by atoms with van der Waals surface area (Å²) in [5.41, 5.74) is 5.13. The molecule has 0 amide bonds. The molecule has 0 spiro atoms. The molecular weight excluding hydrogens is 533 g/mol. The Kier molecular flexibility index (Phi) is 8.27. The second-order valence-electron chi connectivity index (χ2n) is 10.4. The third-order valence-corrected chi connectivity index (χ3v) is 8.65. The first-order valence-corrected chi connectivity index (χ1v) is 14.3. The fourth-order valence-corrected chi connectivity index (χ4v) is 6.01. The fraction of sp³-hybridized carbons (Fsp3) is 0.517. The van der Waals surface area contributed by atoms with Crippen LogP contribution in [0.5, 0.6) is 5.75 Å². The summed E-state index contributed by atoms with van der Waals surface area (Å²) in [6.45, 7) is 8.65. The first-order valence-electron chi connectivity index (χ1n) is 13.4. The summed E-state index contributed by atoms with van der Waals surface area (Å²) >= 11 is 3.75. The Labute approximate surface area is 228 Å². The monoisotopic (exact) mass is 569 g/mol. The lowest BCUT2D eigenvalue weighted by atomic mass is 9.95. The second kappa shape index (κ2) is 11.6. The van der Waals surface area contributed by atoms with Gasteiger partial charge in [-0.2, -0.15) is 0 Å². The van der Waals surface area contributed by atoms with Gasteiger partial charge in [-0.05, 0) is 63.3 Å². The van der Waals surface area contributed by atoms with Gasteiger partial charge in [0.15, 0.2) is 0 Å². The molecule has 0 aromatic heterocycles. The number of piperazine rings is 1. The molecule has 1 aromatic carbocycles. The highest BCUT2D eigenvalue weighted by Crippen LogP contribution is 2.35. The quantitative estimate of drug-likeness (QED) is 0.502. The van der Waals surface area contributed by atoms with Crippen LogP contribution < -0.4 is 10.1 Å². The minimum absolute atomic E-state index is 0.196. The van der Waals surface area contributed by atoms with Crippen LogP contribution >= 0.6 is 15.9 Å². The second-order valence-corrected chi connectivity index (χ2v) is 11.4. The smallest absolute Gasteiger partial charge is 0.210 e. The number of nitrogens with one attached hydrogen (secondary N) is 1. The Hall–Kier alpha value is -2.29. The maximum absolute atomic E-state index is 15.2. The van der Waals surface area contributed by atoms with Crippen LogP contribution in [0.2, 0.25) is 0 Å². The number of hydrogen-bond donors (Lipinski definition) is 1. The molecule has 1 saturated heterocycles. The van der Waals surface area contributed by atoms with Gasteiger partial charge in [0.2, 0.25) is 6.23 Å². The summed E-state index contributed by atoms with van der Waals surface area (Å²) in [6.07, 6.45) is 14.2. The van der Waals surface area contributed by atoms with Crippen LogP contribution in [0, 0.1) is 5.82 Å².